The lowest BCUT2D eigenvalue weighted by Crippen LogP contribution is -2.28. The summed E-state index contributed by atoms with van der Waals surface area (Å²) in [6, 6.07) is 19.5. The molecule has 36 heavy (non-hydrogen) atoms. The number of hydrogen-bond donors (Lipinski definition) is 1. The molecule has 0 saturated heterocycles. The maximum Gasteiger partial charge on any atom is 0.224 e. The number of aryl methyl sites for hydroxylation is 3. The SMILES string of the molecule is Cc1cc(OCCCCn2c(CCNC(=O)Cc3ccccc3Cl)nc3ccccc32)cc(C)c1Cl. The Morgan fingerprint density at radius 3 is 2.50 bits per heavy atom. The molecular formula is C29H31Cl2N3O2. The molecule has 5 nitrogen and oxygen atoms in total. The summed E-state index contributed by atoms with van der Waals surface area (Å²) in [6.07, 6.45) is 2.80. The van der Waals surface area contributed by atoms with Crippen molar-refractivity contribution in [3.05, 3.63) is 93.2 Å². The van der Waals surface area contributed by atoms with Crippen LogP contribution >= 0.6 is 23.2 Å². The second-order valence-electron chi connectivity index (χ2n) is 8.96. The molecule has 0 radical (unpaired) electrons. The lowest BCUT2D eigenvalue weighted by molar-refractivity contribution is -0.120. The number of benzene rings is 3. The van der Waals surface area contributed by atoms with Crippen LogP contribution in [0.15, 0.2) is 60.7 Å². The van der Waals surface area contributed by atoms with E-state index in [0.29, 0.717) is 24.6 Å². The van der Waals surface area contributed by atoms with Crippen molar-refractivity contribution in [3.63, 3.8) is 0 Å². The number of unbranched alkanes of at least 4 members (excludes halogenated alkanes) is 1. The predicted octanol–water partition coefficient (Wildman–Crippen LogP) is 6.72. The minimum atomic E-state index is -0.0458. The summed E-state index contributed by atoms with van der Waals surface area (Å²) in [6.45, 7) is 5.98. The molecular weight excluding hydrogens is 493 g/mol. The number of aromatic nitrogens is 2. The summed E-state index contributed by atoms with van der Waals surface area (Å²) >= 11 is 12.4. The smallest absolute Gasteiger partial charge is 0.224 e. The number of imidazole rings is 1. The van der Waals surface area contributed by atoms with Gasteiger partial charge in [-0.25, -0.2) is 4.98 Å². The van der Waals surface area contributed by atoms with Gasteiger partial charge in [-0.05, 0) is 73.7 Å². The molecule has 0 fully saturated rings. The van der Waals surface area contributed by atoms with Gasteiger partial charge in [0, 0.05) is 29.6 Å². The van der Waals surface area contributed by atoms with Crippen molar-refractivity contribution >= 4 is 40.1 Å². The minimum Gasteiger partial charge on any atom is -0.494 e. The highest BCUT2D eigenvalue weighted by Crippen LogP contribution is 2.26. The van der Waals surface area contributed by atoms with E-state index >= 15 is 0 Å². The molecule has 0 spiro atoms. The van der Waals surface area contributed by atoms with Crippen LogP contribution in [-0.4, -0.2) is 28.6 Å². The molecule has 4 aromatic rings. The first-order chi connectivity index (χ1) is 17.4. The number of rotatable bonds is 11. The molecule has 1 amide bonds. The van der Waals surface area contributed by atoms with Gasteiger partial charge in [0.05, 0.1) is 24.1 Å². The highest BCUT2D eigenvalue weighted by Gasteiger charge is 2.12. The summed E-state index contributed by atoms with van der Waals surface area (Å²) in [5, 5.41) is 4.41. The van der Waals surface area contributed by atoms with Gasteiger partial charge in [0.15, 0.2) is 0 Å². The summed E-state index contributed by atoms with van der Waals surface area (Å²) in [7, 11) is 0. The fraction of sp³-hybridized carbons (Fsp3) is 0.310. The van der Waals surface area contributed by atoms with E-state index < -0.39 is 0 Å². The third-order valence-corrected chi connectivity index (χ3v) is 7.13. The Hall–Kier alpha value is -3.02. The monoisotopic (exact) mass is 523 g/mol. The molecule has 0 aliphatic rings. The van der Waals surface area contributed by atoms with Crippen LogP contribution in [0.5, 0.6) is 5.75 Å². The van der Waals surface area contributed by atoms with Gasteiger partial charge in [-0.3, -0.25) is 4.79 Å². The third kappa shape index (κ3) is 6.59. The number of carbonyl (C=O) groups excluding carboxylic acids is 1. The number of nitrogens with zero attached hydrogens (tertiary/aromatic N) is 2. The van der Waals surface area contributed by atoms with Crippen LogP contribution in [0.4, 0.5) is 0 Å². The molecule has 0 unspecified atom stereocenters. The molecule has 3 aromatic carbocycles. The van der Waals surface area contributed by atoms with E-state index in [-0.39, 0.29) is 12.3 Å². The van der Waals surface area contributed by atoms with E-state index in [2.05, 4.69) is 16.0 Å². The van der Waals surface area contributed by atoms with Crippen LogP contribution in [0.3, 0.4) is 0 Å². The van der Waals surface area contributed by atoms with Crippen molar-refractivity contribution in [1.29, 1.82) is 0 Å². The first-order valence-electron chi connectivity index (χ1n) is 12.3. The van der Waals surface area contributed by atoms with Crippen molar-refractivity contribution in [3.8, 4) is 5.75 Å². The highest BCUT2D eigenvalue weighted by atomic mass is 35.5. The average Bonchev–Trinajstić information content (AvgIpc) is 3.21. The number of para-hydroxylation sites is 2. The zero-order valence-electron chi connectivity index (χ0n) is 20.7. The Bertz CT molecular complexity index is 1330. The van der Waals surface area contributed by atoms with Gasteiger partial charge >= 0.3 is 0 Å². The molecule has 0 aliphatic heterocycles. The van der Waals surface area contributed by atoms with Gasteiger partial charge in [0.25, 0.3) is 0 Å². The van der Waals surface area contributed by atoms with E-state index in [1.165, 1.54) is 0 Å². The topological polar surface area (TPSA) is 56.1 Å². The lowest BCUT2D eigenvalue weighted by Gasteiger charge is -2.12. The van der Waals surface area contributed by atoms with Crippen LogP contribution < -0.4 is 10.1 Å². The molecule has 4 rings (SSSR count). The van der Waals surface area contributed by atoms with Crippen molar-refractivity contribution < 1.29 is 9.53 Å². The Labute approximate surface area is 222 Å². The van der Waals surface area contributed by atoms with Gasteiger partial charge in [-0.15, -0.1) is 0 Å². The second kappa shape index (κ2) is 12.3. The standard InChI is InChI=1S/C29H31Cl2N3O2/c1-20-17-23(18-21(2)29(20)31)36-16-8-7-15-34-26-12-6-5-11-25(26)33-27(34)13-14-32-28(35)19-22-9-3-4-10-24(22)30/h3-6,9-12,17-18H,7-8,13-16,19H2,1-2H3,(H,32,35). The van der Waals surface area contributed by atoms with Gasteiger partial charge in [0.1, 0.15) is 11.6 Å². The van der Waals surface area contributed by atoms with Crippen LogP contribution in [0, 0.1) is 13.8 Å². The van der Waals surface area contributed by atoms with Gasteiger partial charge < -0.3 is 14.6 Å². The van der Waals surface area contributed by atoms with Crippen molar-refractivity contribution in [2.45, 2.75) is 46.1 Å². The van der Waals surface area contributed by atoms with Crippen molar-refractivity contribution in [1.82, 2.24) is 14.9 Å². The Morgan fingerprint density at radius 1 is 1.00 bits per heavy atom. The minimum absolute atomic E-state index is 0.0458. The number of amides is 1. The zero-order chi connectivity index (χ0) is 25.5. The molecule has 1 aromatic heterocycles. The van der Waals surface area contributed by atoms with Crippen LogP contribution in [-0.2, 0) is 24.2 Å². The molecule has 0 aliphatic carbocycles. The quantitative estimate of drug-likeness (QED) is 0.222. The van der Waals surface area contributed by atoms with E-state index in [1.807, 2.05) is 62.4 Å². The third-order valence-electron chi connectivity index (χ3n) is 6.17. The predicted molar refractivity (Wildman–Crippen MR) is 147 cm³/mol. The maximum absolute atomic E-state index is 12.4. The van der Waals surface area contributed by atoms with E-state index in [9.17, 15) is 4.79 Å². The lowest BCUT2D eigenvalue weighted by atomic mass is 10.1. The summed E-state index contributed by atoms with van der Waals surface area (Å²) in [5.74, 6) is 1.78. The number of fused-ring (bicyclic) bond motifs is 1. The molecule has 7 heteroatoms. The molecule has 0 bridgehead atoms. The average molecular weight is 524 g/mol. The van der Waals surface area contributed by atoms with E-state index in [4.69, 9.17) is 32.9 Å². The molecule has 0 atom stereocenters. The molecule has 1 N–H and O–H groups in total. The first kappa shape index (κ1) is 26.1. The number of nitrogens with one attached hydrogen (secondary N) is 1. The number of halogens is 2. The first-order valence-corrected chi connectivity index (χ1v) is 13.0. The fourth-order valence-electron chi connectivity index (χ4n) is 4.31. The summed E-state index contributed by atoms with van der Waals surface area (Å²) in [5.41, 5.74) is 4.97. The summed E-state index contributed by atoms with van der Waals surface area (Å²) < 4.78 is 8.22. The Kier molecular flexibility index (Phi) is 8.89. The highest BCUT2D eigenvalue weighted by molar-refractivity contribution is 6.32. The maximum atomic E-state index is 12.4. The number of ether oxygens (including phenoxy) is 1. The van der Waals surface area contributed by atoms with Crippen LogP contribution in [0.2, 0.25) is 10.0 Å². The van der Waals surface area contributed by atoms with Gasteiger partial charge in [0.2, 0.25) is 5.91 Å². The van der Waals surface area contributed by atoms with E-state index in [1.54, 1.807) is 6.07 Å². The number of hydrogen-bond acceptors (Lipinski definition) is 3. The normalized spacial score (nSPS) is 11.1. The van der Waals surface area contributed by atoms with Crippen molar-refractivity contribution in [2.75, 3.05) is 13.2 Å². The largest absolute Gasteiger partial charge is 0.494 e. The van der Waals surface area contributed by atoms with Crippen LogP contribution in [0.1, 0.15) is 35.4 Å². The van der Waals surface area contributed by atoms with Crippen molar-refractivity contribution in [2.24, 2.45) is 0 Å². The van der Waals surface area contributed by atoms with E-state index in [0.717, 1.165) is 63.7 Å². The summed E-state index contributed by atoms with van der Waals surface area (Å²) in [4.78, 5) is 17.2. The van der Waals surface area contributed by atoms with Gasteiger partial charge in [-0.2, -0.15) is 0 Å². The van der Waals surface area contributed by atoms with Crippen LogP contribution in [0.25, 0.3) is 11.0 Å². The number of carbonyl (C=O) groups is 1. The fourth-order valence-corrected chi connectivity index (χ4v) is 4.62. The molecule has 188 valence electrons. The zero-order valence-corrected chi connectivity index (χ0v) is 22.2. The molecule has 0 saturated carbocycles. The Morgan fingerprint density at radius 2 is 1.72 bits per heavy atom. The second-order valence-corrected chi connectivity index (χ2v) is 9.75. The molecule has 1 heterocycles. The van der Waals surface area contributed by atoms with Gasteiger partial charge in [-0.1, -0.05) is 53.5 Å². The Balaban J connectivity index is 1.31.